The van der Waals surface area contributed by atoms with Crippen LogP contribution in [0.5, 0.6) is 0 Å². The number of hydrogen-bond donors (Lipinski definition) is 1. The summed E-state index contributed by atoms with van der Waals surface area (Å²) in [6.45, 7) is 6.68. The first-order chi connectivity index (χ1) is 13.6. The summed E-state index contributed by atoms with van der Waals surface area (Å²) in [6, 6.07) is 7.16. The molecule has 0 radical (unpaired) electrons. The highest BCUT2D eigenvalue weighted by Crippen LogP contribution is 2.24. The van der Waals surface area contributed by atoms with Crippen LogP contribution in [0.4, 0.5) is 0 Å². The predicted octanol–water partition coefficient (Wildman–Crippen LogP) is 2.42. The highest BCUT2D eigenvalue weighted by molar-refractivity contribution is 6.33. The lowest BCUT2D eigenvalue weighted by Crippen LogP contribution is -2.40. The lowest BCUT2D eigenvalue weighted by atomic mass is 9.93. The van der Waals surface area contributed by atoms with Gasteiger partial charge in [0.25, 0.3) is 5.91 Å². The lowest BCUT2D eigenvalue weighted by Gasteiger charge is -2.32. The third-order valence-electron chi connectivity index (χ3n) is 5.56. The van der Waals surface area contributed by atoms with Gasteiger partial charge in [0.15, 0.2) is 0 Å². The quantitative estimate of drug-likeness (QED) is 0.705. The zero-order chi connectivity index (χ0) is 19.8. The summed E-state index contributed by atoms with van der Waals surface area (Å²) in [5.41, 5.74) is 0.556. The van der Waals surface area contributed by atoms with Crippen molar-refractivity contribution < 1.29 is 14.3 Å². The molecule has 28 heavy (non-hydrogen) atoms. The fourth-order valence-electron chi connectivity index (χ4n) is 3.83. The van der Waals surface area contributed by atoms with E-state index >= 15 is 0 Å². The molecule has 7 heteroatoms. The van der Waals surface area contributed by atoms with Crippen molar-refractivity contribution in [2.45, 2.75) is 25.7 Å². The third-order valence-corrected chi connectivity index (χ3v) is 5.89. The van der Waals surface area contributed by atoms with Crippen LogP contribution >= 0.6 is 11.6 Å². The largest absolute Gasteiger partial charge is 0.379 e. The van der Waals surface area contributed by atoms with Gasteiger partial charge in [0.1, 0.15) is 0 Å². The number of carbonyl (C=O) groups excluding carboxylic acids is 2. The van der Waals surface area contributed by atoms with Crippen LogP contribution in [0.15, 0.2) is 24.3 Å². The molecular formula is C21H30ClN3O3. The number of piperidine rings is 1. The number of rotatable bonds is 7. The molecular weight excluding hydrogens is 378 g/mol. The smallest absolute Gasteiger partial charge is 0.255 e. The predicted molar refractivity (Wildman–Crippen MR) is 110 cm³/mol. The number of carbonyl (C=O) groups is 2. The maximum absolute atomic E-state index is 12.6. The SMILES string of the molecule is O=C(CC1CCN(C(=O)c2ccccc2Cl)CC1)NCCCN1CCOCC1. The van der Waals surface area contributed by atoms with Crippen LogP contribution in [0.3, 0.4) is 0 Å². The maximum atomic E-state index is 12.6. The van der Waals surface area contributed by atoms with Crippen molar-refractivity contribution in [3.05, 3.63) is 34.9 Å². The number of morpholine rings is 1. The summed E-state index contributed by atoms with van der Waals surface area (Å²) in [7, 11) is 0. The summed E-state index contributed by atoms with van der Waals surface area (Å²) in [4.78, 5) is 29.0. The number of nitrogens with zero attached hydrogens (tertiary/aromatic N) is 2. The minimum absolute atomic E-state index is 0.0170. The Morgan fingerprint density at radius 1 is 1.11 bits per heavy atom. The number of hydrogen-bond acceptors (Lipinski definition) is 4. The molecule has 1 aromatic rings. The molecule has 2 aliphatic rings. The summed E-state index contributed by atoms with van der Waals surface area (Å²) >= 11 is 6.14. The topological polar surface area (TPSA) is 61.9 Å². The van der Waals surface area contributed by atoms with Gasteiger partial charge in [0, 0.05) is 39.1 Å². The Morgan fingerprint density at radius 3 is 2.54 bits per heavy atom. The van der Waals surface area contributed by atoms with Crippen molar-refractivity contribution in [3.63, 3.8) is 0 Å². The molecule has 2 saturated heterocycles. The van der Waals surface area contributed by atoms with Crippen molar-refractivity contribution in [1.82, 2.24) is 15.1 Å². The second kappa shape index (κ2) is 10.8. The van der Waals surface area contributed by atoms with E-state index in [2.05, 4.69) is 10.2 Å². The van der Waals surface area contributed by atoms with E-state index < -0.39 is 0 Å². The van der Waals surface area contributed by atoms with Gasteiger partial charge >= 0.3 is 0 Å². The molecule has 154 valence electrons. The Morgan fingerprint density at radius 2 is 1.82 bits per heavy atom. The number of ether oxygens (including phenoxy) is 1. The molecule has 1 N–H and O–H groups in total. The van der Waals surface area contributed by atoms with Gasteiger partial charge in [-0.3, -0.25) is 14.5 Å². The minimum Gasteiger partial charge on any atom is -0.379 e. The van der Waals surface area contributed by atoms with E-state index in [-0.39, 0.29) is 11.8 Å². The normalized spacial score (nSPS) is 18.8. The average molecular weight is 408 g/mol. The van der Waals surface area contributed by atoms with Gasteiger partial charge in [-0.25, -0.2) is 0 Å². The second-order valence-corrected chi connectivity index (χ2v) is 7.98. The van der Waals surface area contributed by atoms with Gasteiger partial charge < -0.3 is 15.0 Å². The number of likely N-dealkylation sites (tertiary alicyclic amines) is 1. The zero-order valence-corrected chi connectivity index (χ0v) is 17.1. The molecule has 0 spiro atoms. The lowest BCUT2D eigenvalue weighted by molar-refractivity contribution is -0.122. The maximum Gasteiger partial charge on any atom is 0.255 e. The fraction of sp³-hybridized carbons (Fsp3) is 0.619. The number of halogens is 1. The van der Waals surface area contributed by atoms with Crippen molar-refractivity contribution >= 4 is 23.4 Å². The first-order valence-electron chi connectivity index (χ1n) is 10.2. The summed E-state index contributed by atoms with van der Waals surface area (Å²) in [5, 5.41) is 3.53. The Labute approximate surface area is 172 Å². The fourth-order valence-corrected chi connectivity index (χ4v) is 4.05. The number of benzene rings is 1. The van der Waals surface area contributed by atoms with Crippen molar-refractivity contribution in [2.75, 3.05) is 52.5 Å². The monoisotopic (exact) mass is 407 g/mol. The molecule has 0 aliphatic carbocycles. The summed E-state index contributed by atoms with van der Waals surface area (Å²) in [6.07, 6.45) is 3.23. The first-order valence-corrected chi connectivity index (χ1v) is 10.6. The van der Waals surface area contributed by atoms with Crippen LogP contribution in [0, 0.1) is 5.92 Å². The second-order valence-electron chi connectivity index (χ2n) is 7.58. The van der Waals surface area contributed by atoms with E-state index in [1.54, 1.807) is 12.1 Å². The Bertz CT molecular complexity index is 656. The van der Waals surface area contributed by atoms with Gasteiger partial charge in [-0.05, 0) is 43.9 Å². The number of nitrogens with one attached hydrogen (secondary N) is 1. The molecule has 0 atom stereocenters. The van der Waals surface area contributed by atoms with E-state index in [0.717, 1.165) is 58.7 Å². The highest BCUT2D eigenvalue weighted by atomic mass is 35.5. The van der Waals surface area contributed by atoms with E-state index in [9.17, 15) is 9.59 Å². The van der Waals surface area contributed by atoms with E-state index in [0.29, 0.717) is 36.0 Å². The van der Waals surface area contributed by atoms with Gasteiger partial charge in [-0.1, -0.05) is 23.7 Å². The van der Waals surface area contributed by atoms with Crippen LogP contribution in [0.1, 0.15) is 36.0 Å². The Kier molecular flexibility index (Phi) is 8.13. The Balaban J connectivity index is 1.32. The van der Waals surface area contributed by atoms with Crippen LogP contribution in [0.25, 0.3) is 0 Å². The molecule has 2 aliphatic heterocycles. The zero-order valence-electron chi connectivity index (χ0n) is 16.4. The van der Waals surface area contributed by atoms with Gasteiger partial charge in [-0.15, -0.1) is 0 Å². The summed E-state index contributed by atoms with van der Waals surface area (Å²) < 4.78 is 5.34. The molecule has 2 amide bonds. The molecule has 3 rings (SSSR count). The summed E-state index contributed by atoms with van der Waals surface area (Å²) in [5.74, 6) is 0.448. The van der Waals surface area contributed by atoms with Gasteiger partial charge in [0.2, 0.25) is 5.91 Å². The van der Waals surface area contributed by atoms with Gasteiger partial charge in [0.05, 0.1) is 23.8 Å². The van der Waals surface area contributed by atoms with Gasteiger partial charge in [-0.2, -0.15) is 0 Å². The molecule has 0 bridgehead atoms. The Hall–Kier alpha value is -1.63. The van der Waals surface area contributed by atoms with Crippen LogP contribution in [-0.2, 0) is 9.53 Å². The molecule has 2 fully saturated rings. The highest BCUT2D eigenvalue weighted by Gasteiger charge is 2.26. The molecule has 6 nitrogen and oxygen atoms in total. The van der Waals surface area contributed by atoms with Crippen LogP contribution < -0.4 is 5.32 Å². The standard InChI is InChI=1S/C21H30ClN3O3/c22-19-5-2-1-4-18(19)21(27)25-10-6-17(7-11-25)16-20(26)23-8-3-9-24-12-14-28-15-13-24/h1-2,4-5,17H,3,6-16H2,(H,23,26). The average Bonchev–Trinajstić information content (AvgIpc) is 2.72. The van der Waals surface area contributed by atoms with E-state index in [4.69, 9.17) is 16.3 Å². The van der Waals surface area contributed by atoms with E-state index in [1.807, 2.05) is 17.0 Å². The number of amides is 2. The minimum atomic E-state index is -0.0170. The van der Waals surface area contributed by atoms with E-state index in [1.165, 1.54) is 0 Å². The molecule has 0 unspecified atom stereocenters. The van der Waals surface area contributed by atoms with Crippen LogP contribution in [0.2, 0.25) is 5.02 Å². The first kappa shape index (κ1) is 21.1. The van der Waals surface area contributed by atoms with Crippen LogP contribution in [-0.4, -0.2) is 74.1 Å². The molecule has 0 saturated carbocycles. The third kappa shape index (κ3) is 6.19. The van der Waals surface area contributed by atoms with Crippen molar-refractivity contribution in [3.8, 4) is 0 Å². The molecule has 0 aromatic heterocycles. The van der Waals surface area contributed by atoms with Crippen molar-refractivity contribution in [1.29, 1.82) is 0 Å². The molecule has 1 aromatic carbocycles. The van der Waals surface area contributed by atoms with Crippen molar-refractivity contribution in [2.24, 2.45) is 5.92 Å². The molecule has 2 heterocycles.